The number of nitrogens with zero attached hydrogens (tertiary/aromatic N) is 1. The molecule has 2 atom stereocenters. The van der Waals surface area contributed by atoms with Gasteiger partial charge in [-0.2, -0.15) is 0 Å². The van der Waals surface area contributed by atoms with Crippen molar-refractivity contribution in [2.24, 2.45) is 5.92 Å². The zero-order valence-corrected chi connectivity index (χ0v) is 12.0. The SMILES string of the molecule is COc1cc(NC(C)C(C)CO)c([N+](=O)[O-])cc1OC. The van der Waals surface area contributed by atoms with E-state index in [1.165, 1.54) is 26.4 Å². The van der Waals surface area contributed by atoms with Gasteiger partial charge in [-0.05, 0) is 12.8 Å². The van der Waals surface area contributed by atoms with Crippen molar-refractivity contribution in [1.82, 2.24) is 0 Å². The summed E-state index contributed by atoms with van der Waals surface area (Å²) in [5, 5.41) is 23.3. The number of nitro groups is 1. The predicted octanol–water partition coefficient (Wildman–Crippen LogP) is 2.04. The van der Waals surface area contributed by atoms with E-state index in [0.29, 0.717) is 17.2 Å². The fourth-order valence-corrected chi connectivity index (χ4v) is 1.68. The molecular formula is C13H20N2O5. The third kappa shape index (κ3) is 3.51. The van der Waals surface area contributed by atoms with Crippen LogP contribution in [0.15, 0.2) is 12.1 Å². The largest absolute Gasteiger partial charge is 0.493 e. The molecule has 0 saturated carbocycles. The van der Waals surface area contributed by atoms with E-state index < -0.39 is 4.92 Å². The molecule has 0 aliphatic heterocycles. The molecule has 0 amide bonds. The smallest absolute Gasteiger partial charge is 0.296 e. The van der Waals surface area contributed by atoms with Gasteiger partial charge in [-0.15, -0.1) is 0 Å². The van der Waals surface area contributed by atoms with Crippen LogP contribution >= 0.6 is 0 Å². The fraction of sp³-hybridized carbons (Fsp3) is 0.538. The van der Waals surface area contributed by atoms with E-state index in [0.717, 1.165) is 0 Å². The minimum Gasteiger partial charge on any atom is -0.493 e. The molecule has 0 saturated heterocycles. The van der Waals surface area contributed by atoms with Gasteiger partial charge in [0.15, 0.2) is 11.5 Å². The van der Waals surface area contributed by atoms with Crippen LogP contribution in [-0.2, 0) is 0 Å². The predicted molar refractivity (Wildman–Crippen MR) is 75.5 cm³/mol. The highest BCUT2D eigenvalue weighted by Gasteiger charge is 2.22. The molecule has 1 rings (SSSR count). The number of hydrogen-bond donors (Lipinski definition) is 2. The number of ether oxygens (including phenoxy) is 2. The molecule has 2 N–H and O–H groups in total. The third-order valence-electron chi connectivity index (χ3n) is 3.22. The zero-order valence-electron chi connectivity index (χ0n) is 12.0. The molecule has 0 radical (unpaired) electrons. The van der Waals surface area contributed by atoms with Gasteiger partial charge in [0.1, 0.15) is 5.69 Å². The van der Waals surface area contributed by atoms with Crippen molar-refractivity contribution in [3.05, 3.63) is 22.2 Å². The van der Waals surface area contributed by atoms with E-state index in [1.807, 2.05) is 13.8 Å². The monoisotopic (exact) mass is 284 g/mol. The Morgan fingerprint density at radius 2 is 1.85 bits per heavy atom. The van der Waals surface area contributed by atoms with Crippen molar-refractivity contribution < 1.29 is 19.5 Å². The number of hydrogen-bond acceptors (Lipinski definition) is 6. The van der Waals surface area contributed by atoms with Crippen molar-refractivity contribution in [3.63, 3.8) is 0 Å². The maximum Gasteiger partial charge on any atom is 0.296 e. The first-order chi connectivity index (χ1) is 9.44. The maximum absolute atomic E-state index is 11.1. The Morgan fingerprint density at radius 3 is 2.30 bits per heavy atom. The number of methoxy groups -OCH3 is 2. The van der Waals surface area contributed by atoms with Gasteiger partial charge in [-0.25, -0.2) is 0 Å². The number of benzene rings is 1. The number of nitro benzene ring substituents is 1. The first-order valence-corrected chi connectivity index (χ1v) is 6.22. The van der Waals surface area contributed by atoms with Crippen LogP contribution in [0, 0.1) is 16.0 Å². The Morgan fingerprint density at radius 1 is 1.30 bits per heavy atom. The highest BCUT2D eigenvalue weighted by molar-refractivity contribution is 5.68. The highest BCUT2D eigenvalue weighted by Crippen LogP contribution is 2.38. The van der Waals surface area contributed by atoms with Crippen molar-refractivity contribution in [1.29, 1.82) is 0 Å². The van der Waals surface area contributed by atoms with E-state index in [2.05, 4.69) is 5.32 Å². The van der Waals surface area contributed by atoms with Crippen LogP contribution in [0.25, 0.3) is 0 Å². The summed E-state index contributed by atoms with van der Waals surface area (Å²) in [5.41, 5.74) is 0.236. The van der Waals surface area contributed by atoms with Crippen molar-refractivity contribution in [2.45, 2.75) is 19.9 Å². The number of rotatable bonds is 7. The zero-order chi connectivity index (χ0) is 15.3. The van der Waals surface area contributed by atoms with E-state index in [1.54, 1.807) is 0 Å². The van der Waals surface area contributed by atoms with Crippen LogP contribution in [0.3, 0.4) is 0 Å². The molecule has 20 heavy (non-hydrogen) atoms. The lowest BCUT2D eigenvalue weighted by Crippen LogP contribution is -2.26. The van der Waals surface area contributed by atoms with E-state index in [4.69, 9.17) is 14.6 Å². The molecule has 7 heteroatoms. The molecule has 2 unspecified atom stereocenters. The summed E-state index contributed by atoms with van der Waals surface area (Å²) in [6.07, 6.45) is 0. The van der Waals surface area contributed by atoms with Crippen molar-refractivity contribution in [3.8, 4) is 11.5 Å². The molecule has 0 spiro atoms. The van der Waals surface area contributed by atoms with Gasteiger partial charge in [-0.3, -0.25) is 10.1 Å². The number of aliphatic hydroxyl groups is 1. The number of anilines is 1. The molecular weight excluding hydrogens is 264 g/mol. The Labute approximate surface area is 117 Å². The van der Waals surface area contributed by atoms with E-state index >= 15 is 0 Å². The summed E-state index contributed by atoms with van der Waals surface area (Å²) in [6, 6.07) is 2.71. The molecule has 1 aromatic carbocycles. The minimum absolute atomic E-state index is 0.00471. The Hall–Kier alpha value is -2.02. The molecule has 0 fully saturated rings. The van der Waals surface area contributed by atoms with Gasteiger partial charge in [0, 0.05) is 18.7 Å². The van der Waals surface area contributed by atoms with Gasteiger partial charge < -0.3 is 19.9 Å². The molecule has 7 nitrogen and oxygen atoms in total. The molecule has 0 aromatic heterocycles. The highest BCUT2D eigenvalue weighted by atomic mass is 16.6. The third-order valence-corrected chi connectivity index (χ3v) is 3.22. The summed E-state index contributed by atoms with van der Waals surface area (Å²) in [4.78, 5) is 10.6. The van der Waals surface area contributed by atoms with Gasteiger partial charge in [-0.1, -0.05) is 6.92 Å². The first kappa shape index (κ1) is 16.0. The quantitative estimate of drug-likeness (QED) is 0.588. The lowest BCUT2D eigenvalue weighted by molar-refractivity contribution is -0.384. The van der Waals surface area contributed by atoms with Crippen LogP contribution in [0.4, 0.5) is 11.4 Å². The molecule has 0 aliphatic carbocycles. The molecule has 0 bridgehead atoms. The van der Waals surface area contributed by atoms with Gasteiger partial charge in [0.2, 0.25) is 0 Å². The van der Waals surface area contributed by atoms with Crippen molar-refractivity contribution >= 4 is 11.4 Å². The second-order valence-corrected chi connectivity index (χ2v) is 4.57. The average Bonchev–Trinajstić information content (AvgIpc) is 2.45. The van der Waals surface area contributed by atoms with Crippen LogP contribution in [-0.4, -0.2) is 36.9 Å². The Bertz CT molecular complexity index is 478. The fourth-order valence-electron chi connectivity index (χ4n) is 1.68. The average molecular weight is 284 g/mol. The van der Waals surface area contributed by atoms with Gasteiger partial charge in [0.05, 0.1) is 25.2 Å². The molecule has 112 valence electrons. The second-order valence-electron chi connectivity index (χ2n) is 4.57. The number of aliphatic hydroxyl groups excluding tert-OH is 1. The Kier molecular flexibility index (Phi) is 5.57. The van der Waals surface area contributed by atoms with Gasteiger partial charge >= 0.3 is 0 Å². The summed E-state index contributed by atoms with van der Waals surface area (Å²) in [5.74, 6) is 0.666. The Balaban J connectivity index is 3.19. The topological polar surface area (TPSA) is 93.9 Å². The summed E-state index contributed by atoms with van der Waals surface area (Å²) in [6.45, 7) is 3.70. The number of nitrogens with one attached hydrogen (secondary N) is 1. The normalized spacial score (nSPS) is 13.4. The van der Waals surface area contributed by atoms with E-state index in [-0.39, 0.29) is 24.3 Å². The minimum atomic E-state index is -0.485. The first-order valence-electron chi connectivity index (χ1n) is 6.22. The summed E-state index contributed by atoms with van der Waals surface area (Å²) >= 11 is 0. The summed E-state index contributed by atoms with van der Waals surface area (Å²) in [7, 11) is 2.89. The van der Waals surface area contributed by atoms with Crippen LogP contribution in [0.2, 0.25) is 0 Å². The van der Waals surface area contributed by atoms with Crippen LogP contribution in [0.1, 0.15) is 13.8 Å². The summed E-state index contributed by atoms with van der Waals surface area (Å²) < 4.78 is 10.2. The molecule has 0 heterocycles. The second kappa shape index (κ2) is 6.95. The maximum atomic E-state index is 11.1. The van der Waals surface area contributed by atoms with Crippen molar-refractivity contribution in [2.75, 3.05) is 26.1 Å². The van der Waals surface area contributed by atoms with Crippen LogP contribution in [0.5, 0.6) is 11.5 Å². The lowest BCUT2D eigenvalue weighted by atomic mass is 10.0. The van der Waals surface area contributed by atoms with Gasteiger partial charge in [0.25, 0.3) is 5.69 Å². The van der Waals surface area contributed by atoms with Crippen LogP contribution < -0.4 is 14.8 Å². The standard InChI is InChI=1S/C13H20N2O5/c1-8(7-16)9(2)14-10-5-12(19-3)13(20-4)6-11(10)15(17)18/h5-6,8-9,14,16H,7H2,1-4H3. The molecule has 1 aromatic rings. The molecule has 0 aliphatic rings. The van der Waals surface area contributed by atoms with E-state index in [9.17, 15) is 10.1 Å². The lowest BCUT2D eigenvalue weighted by Gasteiger charge is -2.21.